The third-order valence-corrected chi connectivity index (χ3v) is 2.27. The molecule has 0 aliphatic carbocycles. The third kappa shape index (κ3) is 5.08. The van der Waals surface area contributed by atoms with E-state index in [1.807, 2.05) is 30.3 Å². The molecule has 0 saturated carbocycles. The van der Waals surface area contributed by atoms with Crippen molar-refractivity contribution in [3.63, 3.8) is 0 Å². The van der Waals surface area contributed by atoms with Gasteiger partial charge in [0.2, 0.25) is 0 Å². The molecule has 1 amide bonds. The first-order chi connectivity index (χ1) is 9.17. The Balaban J connectivity index is 2.53. The molecule has 1 rings (SSSR count). The van der Waals surface area contributed by atoms with Crippen LogP contribution in [0.4, 0.5) is 4.79 Å². The lowest BCUT2D eigenvalue weighted by molar-refractivity contribution is -0.141. The normalized spacial score (nSPS) is 9.26. The monoisotopic (exact) mass is 262 g/mol. The molecular formula is C13H14N2O4. The van der Waals surface area contributed by atoms with E-state index in [0.29, 0.717) is 0 Å². The van der Waals surface area contributed by atoms with Gasteiger partial charge in [0.15, 0.2) is 0 Å². The zero-order valence-electron chi connectivity index (χ0n) is 10.5. The van der Waals surface area contributed by atoms with Crippen LogP contribution in [0.1, 0.15) is 5.56 Å². The minimum atomic E-state index is -0.726. The molecule has 0 fully saturated rings. The molecule has 0 spiro atoms. The van der Waals surface area contributed by atoms with Crippen molar-refractivity contribution in [2.45, 2.75) is 6.61 Å². The number of nitriles is 1. The second-order valence-electron chi connectivity index (χ2n) is 3.63. The highest BCUT2D eigenvalue weighted by atomic mass is 16.6. The van der Waals surface area contributed by atoms with Crippen LogP contribution in [0, 0.1) is 11.3 Å². The van der Waals surface area contributed by atoms with Crippen LogP contribution in [0.2, 0.25) is 0 Å². The quantitative estimate of drug-likeness (QED) is 0.590. The summed E-state index contributed by atoms with van der Waals surface area (Å²) in [5, 5.41) is 8.60. The summed E-state index contributed by atoms with van der Waals surface area (Å²) in [5.74, 6) is -0.605. The summed E-state index contributed by atoms with van der Waals surface area (Å²) in [7, 11) is 1.21. The second-order valence-corrected chi connectivity index (χ2v) is 3.63. The molecule has 6 heteroatoms. The molecule has 0 bridgehead atoms. The van der Waals surface area contributed by atoms with E-state index in [4.69, 9.17) is 10.00 Å². The topological polar surface area (TPSA) is 79.6 Å². The lowest BCUT2D eigenvalue weighted by Gasteiger charge is -2.17. The molecule has 0 radical (unpaired) electrons. The number of esters is 1. The number of amides is 1. The number of hydrogen-bond acceptors (Lipinski definition) is 5. The third-order valence-electron chi connectivity index (χ3n) is 2.27. The Morgan fingerprint density at radius 3 is 2.58 bits per heavy atom. The zero-order valence-corrected chi connectivity index (χ0v) is 10.5. The molecule has 100 valence electrons. The Labute approximate surface area is 111 Å². The first-order valence-electron chi connectivity index (χ1n) is 5.56. The van der Waals surface area contributed by atoms with Crippen LogP contribution in [-0.2, 0) is 20.9 Å². The molecule has 0 aliphatic heterocycles. The van der Waals surface area contributed by atoms with Crippen molar-refractivity contribution in [2.75, 3.05) is 20.2 Å². The molecule has 1 aromatic rings. The van der Waals surface area contributed by atoms with E-state index >= 15 is 0 Å². The van der Waals surface area contributed by atoms with Crippen molar-refractivity contribution in [1.82, 2.24) is 4.90 Å². The first kappa shape index (κ1) is 14.5. The van der Waals surface area contributed by atoms with Crippen LogP contribution in [0.3, 0.4) is 0 Å². The van der Waals surface area contributed by atoms with Gasteiger partial charge in [-0.3, -0.25) is 9.69 Å². The Morgan fingerprint density at radius 2 is 2.00 bits per heavy atom. The smallest absolute Gasteiger partial charge is 0.411 e. The first-order valence-corrected chi connectivity index (χ1v) is 5.56. The predicted molar refractivity (Wildman–Crippen MR) is 65.8 cm³/mol. The van der Waals surface area contributed by atoms with Crippen molar-refractivity contribution in [2.24, 2.45) is 0 Å². The fraction of sp³-hybridized carbons (Fsp3) is 0.308. The largest absolute Gasteiger partial charge is 0.468 e. The highest BCUT2D eigenvalue weighted by Crippen LogP contribution is 2.03. The van der Waals surface area contributed by atoms with Crippen molar-refractivity contribution >= 4 is 12.1 Å². The van der Waals surface area contributed by atoms with E-state index in [0.717, 1.165) is 10.5 Å². The number of nitrogens with zero attached hydrogens (tertiary/aromatic N) is 2. The summed E-state index contributed by atoms with van der Waals surface area (Å²) >= 11 is 0. The SMILES string of the molecule is COC(=O)CN(CC#N)C(=O)OCc1ccccc1. The maximum Gasteiger partial charge on any atom is 0.411 e. The number of benzene rings is 1. The van der Waals surface area contributed by atoms with E-state index in [9.17, 15) is 9.59 Å². The molecule has 0 aromatic heterocycles. The van der Waals surface area contributed by atoms with Gasteiger partial charge in [0.1, 0.15) is 19.7 Å². The van der Waals surface area contributed by atoms with E-state index in [1.165, 1.54) is 7.11 Å². The zero-order chi connectivity index (χ0) is 14.1. The van der Waals surface area contributed by atoms with Crippen molar-refractivity contribution < 1.29 is 19.1 Å². The minimum Gasteiger partial charge on any atom is -0.468 e. The predicted octanol–water partition coefficient (Wildman–Crippen LogP) is 1.32. The van der Waals surface area contributed by atoms with E-state index in [2.05, 4.69) is 4.74 Å². The van der Waals surface area contributed by atoms with Crippen molar-refractivity contribution in [3.8, 4) is 6.07 Å². The van der Waals surface area contributed by atoms with Crippen LogP contribution in [-0.4, -0.2) is 37.2 Å². The maximum atomic E-state index is 11.7. The number of methoxy groups -OCH3 is 1. The number of carbonyl (C=O) groups excluding carboxylic acids is 2. The summed E-state index contributed by atoms with van der Waals surface area (Å²) < 4.78 is 9.46. The Kier molecular flexibility index (Phi) is 5.89. The molecular weight excluding hydrogens is 248 g/mol. The van der Waals surface area contributed by atoms with Gasteiger partial charge in [0.05, 0.1) is 13.2 Å². The molecule has 19 heavy (non-hydrogen) atoms. The van der Waals surface area contributed by atoms with Gasteiger partial charge in [-0.05, 0) is 5.56 Å². The molecule has 0 unspecified atom stereocenters. The van der Waals surface area contributed by atoms with Crippen LogP contribution in [0.15, 0.2) is 30.3 Å². The summed E-state index contributed by atoms with van der Waals surface area (Å²) in [6.07, 6.45) is -0.726. The average molecular weight is 262 g/mol. The van der Waals surface area contributed by atoms with Crippen LogP contribution in [0.5, 0.6) is 0 Å². The Morgan fingerprint density at radius 1 is 1.32 bits per heavy atom. The standard InChI is InChI=1S/C13H14N2O4/c1-18-12(16)9-15(8-7-14)13(17)19-10-11-5-3-2-4-6-11/h2-6H,8-10H2,1H3. The molecule has 6 nitrogen and oxygen atoms in total. The molecule has 0 aliphatic rings. The molecule has 0 N–H and O–H groups in total. The number of hydrogen-bond donors (Lipinski definition) is 0. The van der Waals surface area contributed by atoms with Gasteiger partial charge in [-0.1, -0.05) is 30.3 Å². The highest BCUT2D eigenvalue weighted by molar-refractivity contribution is 5.78. The highest BCUT2D eigenvalue weighted by Gasteiger charge is 2.18. The van der Waals surface area contributed by atoms with Crippen LogP contribution < -0.4 is 0 Å². The summed E-state index contributed by atoms with van der Waals surface area (Å²) in [4.78, 5) is 23.8. The van der Waals surface area contributed by atoms with Crippen LogP contribution >= 0.6 is 0 Å². The van der Waals surface area contributed by atoms with E-state index in [-0.39, 0.29) is 19.7 Å². The molecule has 1 aromatic carbocycles. The lowest BCUT2D eigenvalue weighted by Crippen LogP contribution is -2.36. The lowest BCUT2D eigenvalue weighted by atomic mass is 10.2. The van der Waals surface area contributed by atoms with Gasteiger partial charge < -0.3 is 9.47 Å². The molecule has 0 atom stereocenters. The number of rotatable bonds is 5. The minimum absolute atomic E-state index is 0.0861. The number of ether oxygens (including phenoxy) is 2. The molecule has 0 heterocycles. The van der Waals surface area contributed by atoms with Crippen LogP contribution in [0.25, 0.3) is 0 Å². The van der Waals surface area contributed by atoms with E-state index < -0.39 is 12.1 Å². The second kappa shape index (κ2) is 7.71. The van der Waals surface area contributed by atoms with Gasteiger partial charge in [0.25, 0.3) is 0 Å². The average Bonchev–Trinajstić information content (AvgIpc) is 2.45. The Bertz CT molecular complexity index is 467. The fourth-order valence-corrected chi connectivity index (χ4v) is 1.30. The van der Waals surface area contributed by atoms with Crippen molar-refractivity contribution in [1.29, 1.82) is 5.26 Å². The number of carbonyl (C=O) groups is 2. The summed E-state index contributed by atoms with van der Waals surface area (Å²) in [5.41, 5.74) is 0.825. The molecule has 0 saturated heterocycles. The summed E-state index contributed by atoms with van der Waals surface area (Å²) in [6, 6.07) is 10.9. The Hall–Kier alpha value is -2.55. The van der Waals surface area contributed by atoms with Gasteiger partial charge in [-0.2, -0.15) is 5.26 Å². The van der Waals surface area contributed by atoms with Gasteiger partial charge >= 0.3 is 12.1 Å². The maximum absolute atomic E-state index is 11.7. The van der Waals surface area contributed by atoms with E-state index in [1.54, 1.807) is 6.07 Å². The van der Waals surface area contributed by atoms with Crippen molar-refractivity contribution in [3.05, 3.63) is 35.9 Å². The van der Waals surface area contributed by atoms with Gasteiger partial charge in [-0.15, -0.1) is 0 Å². The van der Waals surface area contributed by atoms with Gasteiger partial charge in [-0.25, -0.2) is 4.79 Å². The van der Waals surface area contributed by atoms with Gasteiger partial charge in [0, 0.05) is 0 Å². The summed E-state index contributed by atoms with van der Waals surface area (Å²) in [6.45, 7) is -0.455. The fourth-order valence-electron chi connectivity index (χ4n) is 1.30.